The monoisotopic (exact) mass is 500 g/mol. The second kappa shape index (κ2) is 12.1. The molecular formula is C30H36N4O3. The summed E-state index contributed by atoms with van der Waals surface area (Å²) in [7, 11) is 0. The largest absolute Gasteiger partial charge is 0.480 e. The summed E-state index contributed by atoms with van der Waals surface area (Å²) < 4.78 is 0. The van der Waals surface area contributed by atoms with Crippen LogP contribution in [0.2, 0.25) is 0 Å². The van der Waals surface area contributed by atoms with Gasteiger partial charge in [0.1, 0.15) is 6.04 Å². The third kappa shape index (κ3) is 6.80. The Morgan fingerprint density at radius 3 is 2.11 bits per heavy atom. The van der Waals surface area contributed by atoms with Gasteiger partial charge < -0.3 is 16.2 Å². The summed E-state index contributed by atoms with van der Waals surface area (Å²) in [5.41, 5.74) is 11.2. The van der Waals surface area contributed by atoms with Gasteiger partial charge in [-0.1, -0.05) is 61.9 Å². The van der Waals surface area contributed by atoms with Crippen molar-refractivity contribution in [1.82, 2.24) is 15.3 Å². The van der Waals surface area contributed by atoms with E-state index < -0.39 is 24.0 Å². The number of benzene rings is 2. The van der Waals surface area contributed by atoms with Crippen LogP contribution in [0.15, 0.2) is 60.9 Å². The molecule has 1 aromatic heterocycles. The molecule has 0 radical (unpaired) electrons. The van der Waals surface area contributed by atoms with E-state index in [0.29, 0.717) is 18.2 Å². The van der Waals surface area contributed by atoms with Gasteiger partial charge in [0.05, 0.1) is 6.04 Å². The van der Waals surface area contributed by atoms with Crippen LogP contribution < -0.4 is 11.1 Å². The Kier molecular flexibility index (Phi) is 8.66. The molecule has 0 unspecified atom stereocenters. The molecule has 4 rings (SSSR count). The second-order valence-corrected chi connectivity index (χ2v) is 10.1. The molecule has 0 spiro atoms. The van der Waals surface area contributed by atoms with Gasteiger partial charge in [0.2, 0.25) is 5.91 Å². The van der Waals surface area contributed by atoms with Gasteiger partial charge in [0.15, 0.2) is 5.82 Å². The normalized spacial score (nSPS) is 19.1. The maximum atomic E-state index is 12.1. The predicted octanol–water partition coefficient (Wildman–Crippen LogP) is 4.95. The van der Waals surface area contributed by atoms with Gasteiger partial charge >= 0.3 is 5.97 Å². The lowest BCUT2D eigenvalue weighted by molar-refractivity contribution is -0.141. The third-order valence-corrected chi connectivity index (χ3v) is 7.53. The predicted molar refractivity (Wildman–Crippen MR) is 145 cm³/mol. The fraction of sp³-hybridized carbons (Fsp3) is 0.400. The highest BCUT2D eigenvalue weighted by atomic mass is 16.4. The zero-order valence-corrected chi connectivity index (χ0v) is 21.6. The first-order valence-corrected chi connectivity index (χ1v) is 13.1. The van der Waals surface area contributed by atoms with Crippen molar-refractivity contribution in [2.24, 2.45) is 11.7 Å². The van der Waals surface area contributed by atoms with Crippen LogP contribution in [0.1, 0.15) is 63.0 Å². The van der Waals surface area contributed by atoms with Crippen molar-refractivity contribution < 1.29 is 14.7 Å². The number of carbonyl (C=O) groups excluding carboxylic acids is 1. The number of carbonyl (C=O) groups is 2. The van der Waals surface area contributed by atoms with Crippen molar-refractivity contribution in [2.75, 3.05) is 0 Å². The zero-order chi connectivity index (χ0) is 26.4. The molecule has 0 aliphatic heterocycles. The van der Waals surface area contributed by atoms with E-state index >= 15 is 0 Å². The SMILES string of the molecule is CCC1CCC(c2ccc(-c3cnc(-c4ccc(C[C@H](N)C(=O)N[C@H](C)C(=O)O)cc4)nc3)cc2)CC1. The Morgan fingerprint density at radius 1 is 0.946 bits per heavy atom. The summed E-state index contributed by atoms with van der Waals surface area (Å²) in [6, 6.07) is 14.6. The van der Waals surface area contributed by atoms with Crippen molar-refractivity contribution >= 4 is 11.9 Å². The van der Waals surface area contributed by atoms with E-state index in [9.17, 15) is 9.59 Å². The molecule has 3 aromatic rings. The van der Waals surface area contributed by atoms with Crippen molar-refractivity contribution in [2.45, 2.75) is 70.4 Å². The number of hydrogen-bond acceptors (Lipinski definition) is 5. The van der Waals surface area contributed by atoms with Crippen molar-refractivity contribution in [3.8, 4) is 22.5 Å². The molecule has 37 heavy (non-hydrogen) atoms. The molecule has 1 aliphatic rings. The highest BCUT2D eigenvalue weighted by Crippen LogP contribution is 2.37. The molecule has 7 heteroatoms. The Balaban J connectivity index is 1.35. The van der Waals surface area contributed by atoms with Crippen molar-refractivity contribution in [3.05, 3.63) is 72.1 Å². The molecule has 1 amide bonds. The first kappa shape index (κ1) is 26.5. The van der Waals surface area contributed by atoms with E-state index in [1.165, 1.54) is 44.6 Å². The van der Waals surface area contributed by atoms with Crippen LogP contribution in [-0.2, 0) is 16.0 Å². The van der Waals surface area contributed by atoms with Gasteiger partial charge in [0, 0.05) is 23.5 Å². The highest BCUT2D eigenvalue weighted by molar-refractivity contribution is 5.86. The molecular weight excluding hydrogens is 464 g/mol. The summed E-state index contributed by atoms with van der Waals surface area (Å²) in [4.78, 5) is 32.2. The molecule has 0 saturated heterocycles. The van der Waals surface area contributed by atoms with Crippen LogP contribution in [-0.4, -0.2) is 39.0 Å². The minimum atomic E-state index is -1.10. The maximum absolute atomic E-state index is 12.1. The van der Waals surface area contributed by atoms with Gasteiger partial charge in [0.25, 0.3) is 0 Å². The van der Waals surface area contributed by atoms with Crippen molar-refractivity contribution in [3.63, 3.8) is 0 Å². The van der Waals surface area contributed by atoms with Gasteiger partial charge in [-0.3, -0.25) is 9.59 Å². The van der Waals surface area contributed by atoms with E-state index in [1.54, 1.807) is 0 Å². The quantitative estimate of drug-likeness (QED) is 0.382. The van der Waals surface area contributed by atoms with Crippen LogP contribution in [0.3, 0.4) is 0 Å². The van der Waals surface area contributed by atoms with Crippen LogP contribution in [0.5, 0.6) is 0 Å². The van der Waals surface area contributed by atoms with E-state index in [-0.39, 0.29) is 0 Å². The number of carboxylic acids is 1. The van der Waals surface area contributed by atoms with Crippen LogP contribution in [0.25, 0.3) is 22.5 Å². The van der Waals surface area contributed by atoms with Gasteiger partial charge in [-0.2, -0.15) is 0 Å². The summed E-state index contributed by atoms with van der Waals surface area (Å²) in [6.07, 6.45) is 10.6. The van der Waals surface area contributed by atoms with E-state index in [4.69, 9.17) is 10.8 Å². The Labute approximate surface area is 218 Å². The topological polar surface area (TPSA) is 118 Å². The van der Waals surface area contributed by atoms with Gasteiger partial charge in [-0.25, -0.2) is 9.97 Å². The molecule has 2 aromatic carbocycles. The van der Waals surface area contributed by atoms with E-state index in [1.807, 2.05) is 36.7 Å². The zero-order valence-electron chi connectivity index (χ0n) is 21.6. The number of nitrogens with one attached hydrogen (secondary N) is 1. The number of aliphatic carboxylic acids is 1. The number of carboxylic acid groups (broad SMARTS) is 1. The van der Waals surface area contributed by atoms with Crippen LogP contribution in [0.4, 0.5) is 0 Å². The molecule has 0 bridgehead atoms. The molecule has 4 N–H and O–H groups in total. The number of nitrogens with two attached hydrogens (primary N) is 1. The lowest BCUT2D eigenvalue weighted by Gasteiger charge is -2.28. The Hall–Kier alpha value is -3.58. The van der Waals surface area contributed by atoms with Gasteiger partial charge in [-0.15, -0.1) is 0 Å². The number of rotatable bonds is 9. The first-order valence-electron chi connectivity index (χ1n) is 13.1. The molecule has 1 heterocycles. The molecule has 1 fully saturated rings. The average Bonchev–Trinajstić information content (AvgIpc) is 2.93. The molecule has 1 aliphatic carbocycles. The first-order chi connectivity index (χ1) is 17.8. The lowest BCUT2D eigenvalue weighted by atomic mass is 9.78. The van der Waals surface area contributed by atoms with E-state index in [2.05, 4.69) is 46.5 Å². The number of amides is 1. The summed E-state index contributed by atoms with van der Waals surface area (Å²) in [5.74, 6) is 0.612. The minimum Gasteiger partial charge on any atom is -0.480 e. The maximum Gasteiger partial charge on any atom is 0.325 e. The lowest BCUT2D eigenvalue weighted by Crippen LogP contribution is -2.48. The minimum absolute atomic E-state index is 0.300. The second-order valence-electron chi connectivity index (χ2n) is 10.1. The number of nitrogens with zero attached hydrogens (tertiary/aromatic N) is 2. The summed E-state index contributed by atoms with van der Waals surface area (Å²) in [5, 5.41) is 11.3. The number of aromatic nitrogens is 2. The molecule has 2 atom stereocenters. The Bertz CT molecular complexity index is 1190. The van der Waals surface area contributed by atoms with Gasteiger partial charge in [-0.05, 0) is 67.6 Å². The number of hydrogen-bond donors (Lipinski definition) is 3. The summed E-state index contributed by atoms with van der Waals surface area (Å²) in [6.45, 7) is 3.70. The Morgan fingerprint density at radius 2 is 1.54 bits per heavy atom. The standard InChI is InChI=1S/C30H36N4O3/c1-3-20-4-8-22(9-5-20)23-12-14-24(15-13-23)26-17-32-28(33-18-26)25-10-6-21(7-11-25)16-27(31)29(35)34-19(2)30(36)37/h6-7,10-15,17-20,22,27H,3-5,8-9,16,31H2,1-2H3,(H,34,35)(H,36,37)/t19-,20?,22?,27+/m1/s1. The molecule has 1 saturated carbocycles. The van der Waals surface area contributed by atoms with E-state index in [0.717, 1.165) is 28.2 Å². The molecule has 7 nitrogen and oxygen atoms in total. The van der Waals surface area contributed by atoms with Crippen molar-refractivity contribution in [1.29, 1.82) is 0 Å². The fourth-order valence-corrected chi connectivity index (χ4v) is 5.00. The third-order valence-electron chi connectivity index (χ3n) is 7.53. The fourth-order valence-electron chi connectivity index (χ4n) is 5.00. The highest BCUT2D eigenvalue weighted by Gasteiger charge is 2.21. The van der Waals surface area contributed by atoms with Crippen LogP contribution >= 0.6 is 0 Å². The average molecular weight is 501 g/mol. The van der Waals surface area contributed by atoms with Crippen LogP contribution in [0, 0.1) is 5.92 Å². The molecule has 194 valence electrons. The smallest absolute Gasteiger partial charge is 0.325 e. The summed E-state index contributed by atoms with van der Waals surface area (Å²) >= 11 is 0.